The smallest absolute Gasteiger partial charge is 0.508 e. The molecule has 1 unspecified atom stereocenters. The standard InChI is InChI=1S/C16H17N3O6/c1-17(15-10-13(19(22)23)8-9-18(15)21)11-14(25-16(20)24-2)12-6-4-3-5-7-12/h3-10,14H,11H2,1-2H3. The van der Waals surface area contributed by atoms with Gasteiger partial charge < -0.3 is 14.7 Å². The maximum absolute atomic E-state index is 12.0. The lowest BCUT2D eigenvalue weighted by Gasteiger charge is -2.22. The van der Waals surface area contributed by atoms with Crippen molar-refractivity contribution in [1.82, 2.24) is 0 Å². The van der Waals surface area contributed by atoms with E-state index in [4.69, 9.17) is 4.74 Å². The van der Waals surface area contributed by atoms with Gasteiger partial charge in [-0.25, -0.2) is 9.52 Å². The van der Waals surface area contributed by atoms with Crippen LogP contribution in [0.5, 0.6) is 0 Å². The number of likely N-dealkylation sites (N-methyl/N-ethyl adjacent to an activating group) is 1. The summed E-state index contributed by atoms with van der Waals surface area (Å²) in [4.78, 5) is 23.3. The van der Waals surface area contributed by atoms with Crippen molar-refractivity contribution < 1.29 is 23.9 Å². The van der Waals surface area contributed by atoms with Gasteiger partial charge in [-0.1, -0.05) is 30.3 Å². The molecule has 2 aromatic rings. The van der Waals surface area contributed by atoms with Crippen LogP contribution in [0.15, 0.2) is 48.7 Å². The Hall–Kier alpha value is -3.36. The first-order chi connectivity index (χ1) is 11.9. The SMILES string of the molecule is COC(=O)OC(CN(C)c1cc([N+](=O)[O-])cc[n+]1[O-])c1ccccc1. The van der Waals surface area contributed by atoms with Crippen LogP contribution in [0.25, 0.3) is 0 Å². The largest absolute Gasteiger partial charge is 0.711 e. The first kappa shape index (κ1) is 18.0. The van der Waals surface area contributed by atoms with E-state index < -0.39 is 17.2 Å². The summed E-state index contributed by atoms with van der Waals surface area (Å²) in [6.45, 7) is 0.0997. The number of benzene rings is 1. The fourth-order valence-corrected chi connectivity index (χ4v) is 2.24. The Morgan fingerprint density at radius 1 is 1.32 bits per heavy atom. The number of aromatic nitrogens is 1. The molecule has 0 bridgehead atoms. The van der Waals surface area contributed by atoms with Gasteiger partial charge in [0.15, 0.2) is 6.10 Å². The minimum atomic E-state index is -0.865. The second-order valence-electron chi connectivity index (χ2n) is 5.18. The molecular formula is C16H17N3O6. The number of carbonyl (C=O) groups is 1. The van der Waals surface area contributed by atoms with E-state index in [2.05, 4.69) is 4.74 Å². The van der Waals surface area contributed by atoms with Crippen molar-refractivity contribution in [3.05, 3.63) is 69.5 Å². The highest BCUT2D eigenvalue weighted by atomic mass is 16.7. The highest BCUT2D eigenvalue weighted by Crippen LogP contribution is 2.22. The van der Waals surface area contributed by atoms with Gasteiger partial charge in [0.1, 0.15) is 18.8 Å². The molecule has 9 heteroatoms. The van der Waals surface area contributed by atoms with E-state index in [-0.39, 0.29) is 18.1 Å². The van der Waals surface area contributed by atoms with Gasteiger partial charge in [-0.2, -0.15) is 0 Å². The number of methoxy groups -OCH3 is 1. The minimum absolute atomic E-state index is 0.0589. The van der Waals surface area contributed by atoms with Crippen LogP contribution in [0.4, 0.5) is 16.3 Å². The number of hydrogen-bond acceptors (Lipinski definition) is 7. The van der Waals surface area contributed by atoms with Crippen LogP contribution in [-0.4, -0.2) is 31.8 Å². The average Bonchev–Trinajstić information content (AvgIpc) is 2.61. The Labute approximate surface area is 143 Å². The van der Waals surface area contributed by atoms with E-state index in [0.717, 1.165) is 18.3 Å². The lowest BCUT2D eigenvalue weighted by molar-refractivity contribution is -0.592. The van der Waals surface area contributed by atoms with Gasteiger partial charge in [-0.3, -0.25) is 15.0 Å². The molecule has 1 atom stereocenters. The molecule has 0 radical (unpaired) electrons. The van der Waals surface area contributed by atoms with E-state index in [1.165, 1.54) is 12.0 Å². The quantitative estimate of drug-likeness (QED) is 0.259. The number of ether oxygens (including phenoxy) is 2. The van der Waals surface area contributed by atoms with E-state index in [1.807, 2.05) is 6.07 Å². The van der Waals surface area contributed by atoms with Gasteiger partial charge in [0.25, 0.3) is 11.5 Å². The van der Waals surface area contributed by atoms with Crippen molar-refractivity contribution in [2.75, 3.05) is 25.6 Å². The number of carbonyl (C=O) groups excluding carboxylic acids is 1. The van der Waals surface area contributed by atoms with E-state index in [1.54, 1.807) is 31.3 Å². The fraction of sp³-hybridized carbons (Fsp3) is 0.250. The third-order valence-electron chi connectivity index (χ3n) is 3.50. The van der Waals surface area contributed by atoms with Crippen LogP contribution in [0, 0.1) is 15.3 Å². The highest BCUT2D eigenvalue weighted by molar-refractivity contribution is 5.60. The van der Waals surface area contributed by atoms with Gasteiger partial charge in [-0.05, 0) is 5.56 Å². The topological polar surface area (TPSA) is 109 Å². The third kappa shape index (κ3) is 4.56. The Morgan fingerprint density at radius 3 is 2.60 bits per heavy atom. The minimum Gasteiger partial charge on any atom is -0.711 e. The molecule has 0 aliphatic carbocycles. The highest BCUT2D eigenvalue weighted by Gasteiger charge is 2.25. The Morgan fingerprint density at radius 2 is 2.00 bits per heavy atom. The molecule has 0 spiro atoms. The average molecular weight is 347 g/mol. The van der Waals surface area contributed by atoms with Gasteiger partial charge in [0.05, 0.1) is 25.1 Å². The van der Waals surface area contributed by atoms with E-state index >= 15 is 0 Å². The fourth-order valence-electron chi connectivity index (χ4n) is 2.24. The lowest BCUT2D eigenvalue weighted by atomic mass is 10.1. The number of hydrogen-bond donors (Lipinski definition) is 0. The summed E-state index contributed by atoms with van der Waals surface area (Å²) in [7, 11) is 2.77. The number of nitrogens with zero attached hydrogens (tertiary/aromatic N) is 3. The second-order valence-corrected chi connectivity index (χ2v) is 5.18. The molecule has 0 N–H and O–H groups in total. The first-order valence-corrected chi connectivity index (χ1v) is 7.30. The van der Waals surface area contributed by atoms with Crippen LogP contribution in [0.1, 0.15) is 11.7 Å². The predicted octanol–water partition coefficient (Wildman–Crippen LogP) is 2.19. The predicted molar refractivity (Wildman–Crippen MR) is 88.0 cm³/mol. The zero-order valence-corrected chi connectivity index (χ0v) is 13.7. The summed E-state index contributed by atoms with van der Waals surface area (Å²) in [5, 5.41) is 22.9. The van der Waals surface area contributed by atoms with E-state index in [9.17, 15) is 20.1 Å². The van der Waals surface area contributed by atoms with Crippen LogP contribution >= 0.6 is 0 Å². The maximum Gasteiger partial charge on any atom is 0.508 e. The molecule has 1 aromatic heterocycles. The van der Waals surface area contributed by atoms with Gasteiger partial charge >= 0.3 is 6.16 Å². The molecule has 0 aliphatic heterocycles. The van der Waals surface area contributed by atoms with Gasteiger partial charge in [-0.15, -0.1) is 0 Å². The Balaban J connectivity index is 2.27. The molecule has 132 valence electrons. The summed E-state index contributed by atoms with van der Waals surface area (Å²) in [5.41, 5.74) is 0.488. The molecule has 2 rings (SSSR count). The molecule has 0 saturated carbocycles. The Kier molecular flexibility index (Phi) is 5.72. The summed E-state index contributed by atoms with van der Waals surface area (Å²) in [6, 6.07) is 11.2. The molecular weight excluding hydrogens is 330 g/mol. The van der Waals surface area contributed by atoms with Gasteiger partial charge in [0.2, 0.25) is 0 Å². The first-order valence-electron chi connectivity index (χ1n) is 7.30. The zero-order chi connectivity index (χ0) is 18.4. The molecule has 0 saturated heterocycles. The number of nitro groups is 1. The van der Waals surface area contributed by atoms with Crippen LogP contribution in [-0.2, 0) is 9.47 Å². The number of pyridine rings is 1. The van der Waals surface area contributed by atoms with Crippen LogP contribution < -0.4 is 9.63 Å². The summed E-state index contributed by atoms with van der Waals surface area (Å²) in [6.07, 6.45) is -0.531. The van der Waals surface area contributed by atoms with Crippen molar-refractivity contribution >= 4 is 17.7 Å². The van der Waals surface area contributed by atoms with Crippen molar-refractivity contribution in [1.29, 1.82) is 0 Å². The summed E-state index contributed by atoms with van der Waals surface area (Å²) in [5.74, 6) is 0.0589. The molecule has 9 nitrogen and oxygen atoms in total. The maximum atomic E-state index is 12.0. The normalized spacial score (nSPS) is 11.4. The second kappa shape index (κ2) is 7.95. The molecule has 1 heterocycles. The molecule has 0 aliphatic rings. The summed E-state index contributed by atoms with van der Waals surface area (Å²) < 4.78 is 10.3. The Bertz CT molecular complexity index is 753. The number of rotatable bonds is 6. The van der Waals surface area contributed by atoms with Crippen molar-refractivity contribution in [3.63, 3.8) is 0 Å². The van der Waals surface area contributed by atoms with Crippen molar-refractivity contribution in [3.8, 4) is 0 Å². The monoisotopic (exact) mass is 347 g/mol. The van der Waals surface area contributed by atoms with Crippen LogP contribution in [0.3, 0.4) is 0 Å². The van der Waals surface area contributed by atoms with Crippen molar-refractivity contribution in [2.24, 2.45) is 0 Å². The molecule has 25 heavy (non-hydrogen) atoms. The molecule has 0 fully saturated rings. The molecule has 0 amide bonds. The van der Waals surface area contributed by atoms with Crippen molar-refractivity contribution in [2.45, 2.75) is 6.10 Å². The zero-order valence-electron chi connectivity index (χ0n) is 13.7. The lowest BCUT2D eigenvalue weighted by Crippen LogP contribution is -2.38. The van der Waals surface area contributed by atoms with Gasteiger partial charge in [0, 0.05) is 0 Å². The number of anilines is 1. The van der Waals surface area contributed by atoms with Crippen LogP contribution in [0.2, 0.25) is 0 Å². The summed E-state index contributed by atoms with van der Waals surface area (Å²) >= 11 is 0. The van der Waals surface area contributed by atoms with E-state index in [0.29, 0.717) is 10.3 Å². The molecule has 1 aromatic carbocycles. The third-order valence-corrected chi connectivity index (χ3v) is 3.50.